The van der Waals surface area contributed by atoms with Crippen molar-refractivity contribution in [1.82, 2.24) is 0 Å². The molecule has 1 atom stereocenters. The minimum atomic E-state index is -2.96. The lowest BCUT2D eigenvalue weighted by Crippen LogP contribution is -2.20. The highest BCUT2D eigenvalue weighted by Crippen LogP contribution is 2.38. The molecule has 26 heavy (non-hydrogen) atoms. The first-order valence-corrected chi connectivity index (χ1v) is 10.8. The number of sulfone groups is 1. The van der Waals surface area contributed by atoms with Crippen molar-refractivity contribution in [2.24, 2.45) is 5.92 Å². The van der Waals surface area contributed by atoms with Crippen molar-refractivity contribution in [3.05, 3.63) is 54.1 Å². The molecule has 5 nitrogen and oxygen atoms in total. The highest BCUT2D eigenvalue weighted by molar-refractivity contribution is 7.91. The van der Waals surface area contributed by atoms with Gasteiger partial charge in [0, 0.05) is 18.7 Å². The standard InChI is InChI=1S/C20H22N2O3S/c23-20(13-15-10-12-26(24,25)14-15)21-17-6-2-4-8-19(17)22-11-9-16-5-1-3-7-18(16)22/h1-8,15H,9-14H2,(H,21,23). The third kappa shape index (κ3) is 3.46. The van der Waals surface area contributed by atoms with Gasteiger partial charge in [0.05, 0.1) is 22.9 Å². The van der Waals surface area contributed by atoms with Gasteiger partial charge in [0.15, 0.2) is 9.84 Å². The number of carbonyl (C=O) groups is 1. The summed E-state index contributed by atoms with van der Waals surface area (Å²) < 4.78 is 23.2. The molecule has 2 aromatic carbocycles. The second-order valence-corrected chi connectivity index (χ2v) is 9.30. The van der Waals surface area contributed by atoms with Gasteiger partial charge >= 0.3 is 0 Å². The van der Waals surface area contributed by atoms with E-state index in [0.29, 0.717) is 6.42 Å². The fraction of sp³-hybridized carbons (Fsp3) is 0.350. The fourth-order valence-electron chi connectivity index (χ4n) is 3.90. The van der Waals surface area contributed by atoms with Crippen LogP contribution in [0.15, 0.2) is 48.5 Å². The number of rotatable bonds is 4. The maximum atomic E-state index is 12.5. The van der Waals surface area contributed by atoms with Crippen LogP contribution in [0.3, 0.4) is 0 Å². The summed E-state index contributed by atoms with van der Waals surface area (Å²) in [5.74, 6) is 0.139. The zero-order valence-corrected chi connectivity index (χ0v) is 15.3. The van der Waals surface area contributed by atoms with E-state index < -0.39 is 9.84 Å². The van der Waals surface area contributed by atoms with E-state index in [2.05, 4.69) is 22.3 Å². The van der Waals surface area contributed by atoms with Crippen LogP contribution in [0.5, 0.6) is 0 Å². The normalized spacial score (nSPS) is 20.8. The van der Waals surface area contributed by atoms with Crippen LogP contribution >= 0.6 is 0 Å². The van der Waals surface area contributed by atoms with Gasteiger partial charge in [-0.3, -0.25) is 4.79 Å². The van der Waals surface area contributed by atoms with Crippen LogP contribution < -0.4 is 10.2 Å². The molecule has 0 spiro atoms. The van der Waals surface area contributed by atoms with Crippen LogP contribution in [-0.4, -0.2) is 32.4 Å². The lowest BCUT2D eigenvalue weighted by Gasteiger charge is -2.23. The van der Waals surface area contributed by atoms with Gasteiger partial charge in [-0.05, 0) is 42.5 Å². The number of fused-ring (bicyclic) bond motifs is 1. The van der Waals surface area contributed by atoms with E-state index in [0.717, 1.165) is 24.3 Å². The van der Waals surface area contributed by atoms with Gasteiger partial charge in [0.25, 0.3) is 0 Å². The molecular weight excluding hydrogens is 348 g/mol. The van der Waals surface area contributed by atoms with Crippen molar-refractivity contribution >= 4 is 32.8 Å². The Morgan fingerprint density at radius 3 is 2.58 bits per heavy atom. The van der Waals surface area contributed by atoms with Crippen molar-refractivity contribution in [2.45, 2.75) is 19.3 Å². The van der Waals surface area contributed by atoms with Gasteiger partial charge in [-0.1, -0.05) is 30.3 Å². The molecule has 1 fully saturated rings. The molecule has 1 amide bonds. The predicted molar refractivity (Wildman–Crippen MR) is 104 cm³/mol. The molecule has 0 bridgehead atoms. The lowest BCUT2D eigenvalue weighted by molar-refractivity contribution is -0.116. The largest absolute Gasteiger partial charge is 0.339 e. The summed E-state index contributed by atoms with van der Waals surface area (Å²) in [6.45, 7) is 0.882. The second kappa shape index (κ2) is 6.76. The van der Waals surface area contributed by atoms with Gasteiger partial charge in [-0.15, -0.1) is 0 Å². The minimum absolute atomic E-state index is 0.0697. The Morgan fingerprint density at radius 2 is 1.81 bits per heavy atom. The van der Waals surface area contributed by atoms with E-state index in [9.17, 15) is 13.2 Å². The lowest BCUT2D eigenvalue weighted by atomic mass is 10.0. The average molecular weight is 370 g/mol. The third-order valence-electron chi connectivity index (χ3n) is 5.16. The van der Waals surface area contributed by atoms with Crippen LogP contribution in [0.25, 0.3) is 0 Å². The van der Waals surface area contributed by atoms with Gasteiger partial charge < -0.3 is 10.2 Å². The Bertz CT molecular complexity index is 940. The molecule has 0 radical (unpaired) electrons. The quantitative estimate of drug-likeness (QED) is 0.898. The molecule has 1 N–H and O–H groups in total. The maximum absolute atomic E-state index is 12.5. The molecule has 6 heteroatoms. The summed E-state index contributed by atoms with van der Waals surface area (Å²) in [5, 5.41) is 3.00. The SMILES string of the molecule is O=C(CC1CCS(=O)(=O)C1)Nc1ccccc1N1CCc2ccccc21. The molecule has 0 aromatic heterocycles. The molecule has 2 heterocycles. The Hall–Kier alpha value is -2.34. The average Bonchev–Trinajstić information content (AvgIpc) is 3.18. The maximum Gasteiger partial charge on any atom is 0.224 e. The zero-order chi connectivity index (χ0) is 18.1. The first kappa shape index (κ1) is 17.1. The third-order valence-corrected chi connectivity index (χ3v) is 6.99. The number of hydrogen-bond donors (Lipinski definition) is 1. The van der Waals surface area contributed by atoms with Crippen molar-refractivity contribution in [3.63, 3.8) is 0 Å². The zero-order valence-electron chi connectivity index (χ0n) is 14.5. The van der Waals surface area contributed by atoms with Gasteiger partial charge in [-0.2, -0.15) is 0 Å². The molecule has 1 unspecified atom stereocenters. The van der Waals surface area contributed by atoms with Crippen LogP contribution in [0, 0.1) is 5.92 Å². The van der Waals surface area contributed by atoms with E-state index in [1.165, 1.54) is 11.3 Å². The van der Waals surface area contributed by atoms with Crippen LogP contribution in [0.2, 0.25) is 0 Å². The van der Waals surface area contributed by atoms with Gasteiger partial charge in [0.2, 0.25) is 5.91 Å². The van der Waals surface area contributed by atoms with Crippen LogP contribution in [0.1, 0.15) is 18.4 Å². The van der Waals surface area contributed by atoms with Crippen molar-refractivity contribution in [2.75, 3.05) is 28.3 Å². The van der Waals surface area contributed by atoms with E-state index in [1.807, 2.05) is 36.4 Å². The number of amides is 1. The number of benzene rings is 2. The Morgan fingerprint density at radius 1 is 1.08 bits per heavy atom. The summed E-state index contributed by atoms with van der Waals surface area (Å²) in [4.78, 5) is 14.7. The molecule has 2 aliphatic rings. The monoisotopic (exact) mass is 370 g/mol. The summed E-state index contributed by atoms with van der Waals surface area (Å²) >= 11 is 0. The summed E-state index contributed by atoms with van der Waals surface area (Å²) in [5.41, 5.74) is 4.24. The molecule has 0 aliphatic carbocycles. The van der Waals surface area contributed by atoms with Crippen molar-refractivity contribution in [3.8, 4) is 0 Å². The van der Waals surface area contributed by atoms with Crippen molar-refractivity contribution in [1.29, 1.82) is 0 Å². The molecule has 2 aromatic rings. The van der Waals surface area contributed by atoms with Crippen LogP contribution in [0.4, 0.5) is 17.1 Å². The Labute approximate surface area is 153 Å². The molecule has 1 saturated heterocycles. The minimum Gasteiger partial charge on any atom is -0.339 e. The van der Waals surface area contributed by atoms with Crippen LogP contribution in [-0.2, 0) is 21.1 Å². The molecule has 2 aliphatic heterocycles. The van der Waals surface area contributed by atoms with E-state index in [-0.39, 0.29) is 29.8 Å². The highest BCUT2D eigenvalue weighted by Gasteiger charge is 2.30. The number of nitrogens with one attached hydrogen (secondary N) is 1. The van der Waals surface area contributed by atoms with Gasteiger partial charge in [-0.25, -0.2) is 8.42 Å². The second-order valence-electron chi connectivity index (χ2n) is 7.07. The number of para-hydroxylation sites is 3. The number of nitrogens with zero attached hydrogens (tertiary/aromatic N) is 1. The molecule has 0 saturated carbocycles. The number of anilines is 3. The fourth-order valence-corrected chi connectivity index (χ4v) is 5.76. The Kier molecular flexibility index (Phi) is 4.44. The molecular formula is C20H22N2O3S. The summed E-state index contributed by atoms with van der Waals surface area (Å²) in [7, 11) is -2.96. The van der Waals surface area contributed by atoms with E-state index in [1.54, 1.807) is 0 Å². The number of hydrogen-bond acceptors (Lipinski definition) is 4. The first-order chi connectivity index (χ1) is 12.5. The summed E-state index contributed by atoms with van der Waals surface area (Å²) in [6.07, 6.45) is 1.82. The molecule has 136 valence electrons. The number of carbonyl (C=O) groups excluding carboxylic acids is 1. The highest BCUT2D eigenvalue weighted by atomic mass is 32.2. The van der Waals surface area contributed by atoms with Crippen molar-refractivity contribution < 1.29 is 13.2 Å². The van der Waals surface area contributed by atoms with E-state index >= 15 is 0 Å². The predicted octanol–water partition coefficient (Wildman–Crippen LogP) is 3.14. The summed E-state index contributed by atoms with van der Waals surface area (Å²) in [6, 6.07) is 16.1. The van der Waals surface area contributed by atoms with Gasteiger partial charge in [0.1, 0.15) is 0 Å². The molecule has 4 rings (SSSR count). The smallest absolute Gasteiger partial charge is 0.224 e. The topological polar surface area (TPSA) is 66.5 Å². The Balaban J connectivity index is 1.51. The van der Waals surface area contributed by atoms with E-state index in [4.69, 9.17) is 0 Å². The first-order valence-electron chi connectivity index (χ1n) is 8.96.